The summed E-state index contributed by atoms with van der Waals surface area (Å²) in [5, 5.41) is 0.618. The third-order valence-corrected chi connectivity index (χ3v) is 6.19. The summed E-state index contributed by atoms with van der Waals surface area (Å²) in [6.07, 6.45) is 3.32. The van der Waals surface area contributed by atoms with Crippen LogP contribution in [-0.2, 0) is 4.74 Å². The molecule has 1 heterocycles. The Morgan fingerprint density at radius 2 is 1.93 bits per heavy atom. The fourth-order valence-electron chi connectivity index (χ4n) is 1.66. The van der Waals surface area contributed by atoms with Crippen LogP contribution in [0.25, 0.3) is 0 Å². The molecule has 0 saturated carbocycles. The molecule has 5 heteroatoms. The molecule has 1 unspecified atom stereocenters. The normalized spacial score (nSPS) is 23.4. The van der Waals surface area contributed by atoms with Gasteiger partial charge in [0.05, 0.1) is 13.2 Å². The maximum absolute atomic E-state index is 5.33. The molecular weight excluding hydrogens is 234 g/mol. The fraction of sp³-hybridized carbons (Fsp3) is 1.00. The summed E-state index contributed by atoms with van der Waals surface area (Å²) in [7, 11) is -1.01. The lowest BCUT2D eigenvalue weighted by atomic mass is 10.3. The topological polar surface area (TPSA) is 12.5 Å². The predicted octanol–water partition coefficient (Wildman–Crippen LogP) is 2.22. The minimum atomic E-state index is -1.01. The lowest BCUT2D eigenvalue weighted by molar-refractivity contribution is 0.0380. The third kappa shape index (κ3) is 4.23. The molecule has 1 fully saturated rings. The van der Waals surface area contributed by atoms with Gasteiger partial charge in [0.25, 0.3) is 0 Å². The van der Waals surface area contributed by atoms with Crippen molar-refractivity contribution in [3.8, 4) is 0 Å². The van der Waals surface area contributed by atoms with Gasteiger partial charge in [-0.3, -0.25) is 4.90 Å². The first-order valence-corrected chi connectivity index (χ1v) is 9.27. The summed E-state index contributed by atoms with van der Waals surface area (Å²) in [5.41, 5.74) is 0. The Bertz CT molecular complexity index is 166. The van der Waals surface area contributed by atoms with Crippen molar-refractivity contribution in [1.82, 2.24) is 4.90 Å². The smallest absolute Gasteiger partial charge is 0.0594 e. The van der Waals surface area contributed by atoms with Gasteiger partial charge in [0.2, 0.25) is 0 Å². The molecule has 1 saturated heterocycles. The van der Waals surface area contributed by atoms with Crippen LogP contribution >= 0.6 is 31.4 Å². The van der Waals surface area contributed by atoms with Crippen molar-refractivity contribution in [3.05, 3.63) is 0 Å². The van der Waals surface area contributed by atoms with E-state index in [2.05, 4.69) is 41.4 Å². The number of ether oxygens (including phenoxy) is 1. The minimum absolute atomic E-state index is 0.618. The van der Waals surface area contributed by atoms with Crippen LogP contribution in [0.3, 0.4) is 0 Å². The van der Waals surface area contributed by atoms with Crippen LogP contribution < -0.4 is 0 Å². The highest BCUT2D eigenvalue weighted by Crippen LogP contribution is 2.58. The summed E-state index contributed by atoms with van der Waals surface area (Å²) >= 11 is 9.24. The van der Waals surface area contributed by atoms with Gasteiger partial charge in [-0.1, -0.05) is 6.92 Å². The number of nitrogens with zero attached hydrogens (tertiary/aromatic N) is 1. The molecule has 0 N–H and O–H groups in total. The number of rotatable bonds is 4. The molecule has 1 rings (SSSR count). The van der Waals surface area contributed by atoms with E-state index in [-0.39, 0.29) is 0 Å². The van der Waals surface area contributed by atoms with Crippen molar-refractivity contribution in [1.29, 1.82) is 0 Å². The zero-order valence-electron chi connectivity index (χ0n) is 8.98. The van der Waals surface area contributed by atoms with Gasteiger partial charge in [-0.25, -0.2) is 0 Å². The van der Waals surface area contributed by atoms with E-state index in [0.717, 1.165) is 39.3 Å². The fourth-order valence-corrected chi connectivity index (χ4v) is 4.08. The highest BCUT2D eigenvalue weighted by Gasteiger charge is 2.23. The van der Waals surface area contributed by atoms with Gasteiger partial charge in [0, 0.05) is 24.9 Å². The largest absolute Gasteiger partial charge is 0.379 e. The number of thiol groups is 2. The molecule has 0 radical (unpaired) electrons. The molecule has 0 aliphatic carbocycles. The Labute approximate surface area is 98.7 Å². The lowest BCUT2D eigenvalue weighted by Gasteiger charge is -2.38. The summed E-state index contributed by atoms with van der Waals surface area (Å²) in [6.45, 7) is 7.23. The van der Waals surface area contributed by atoms with Crippen LogP contribution in [0, 0.1) is 0 Å². The van der Waals surface area contributed by atoms with Crippen molar-refractivity contribution in [2.45, 2.75) is 18.6 Å². The highest BCUT2D eigenvalue weighted by atomic mass is 33.5. The Morgan fingerprint density at radius 1 is 1.36 bits per heavy atom. The lowest BCUT2D eigenvalue weighted by Crippen LogP contribution is -2.41. The van der Waals surface area contributed by atoms with E-state index in [4.69, 9.17) is 4.74 Å². The standard InChI is InChI=1S/C9H21NOS3/c1-3-9(14(2,12)13)8-10-4-6-11-7-5-10/h9,12-13H,3-8H2,1-2H3. The maximum atomic E-state index is 5.33. The summed E-state index contributed by atoms with van der Waals surface area (Å²) < 4.78 is 5.33. The quantitative estimate of drug-likeness (QED) is 0.590. The molecule has 14 heavy (non-hydrogen) atoms. The van der Waals surface area contributed by atoms with Gasteiger partial charge >= 0.3 is 0 Å². The van der Waals surface area contributed by atoms with E-state index in [0.29, 0.717) is 5.25 Å². The van der Waals surface area contributed by atoms with Crippen LogP contribution in [0.5, 0.6) is 0 Å². The molecule has 2 nitrogen and oxygen atoms in total. The molecule has 1 aliphatic heterocycles. The maximum Gasteiger partial charge on any atom is 0.0594 e. The van der Waals surface area contributed by atoms with Gasteiger partial charge in [-0.05, 0) is 12.7 Å². The van der Waals surface area contributed by atoms with Crippen LogP contribution in [0.4, 0.5) is 0 Å². The van der Waals surface area contributed by atoms with E-state index in [1.807, 2.05) is 0 Å². The van der Waals surface area contributed by atoms with Crippen molar-refractivity contribution >= 4 is 31.4 Å². The van der Waals surface area contributed by atoms with Crippen molar-refractivity contribution in [2.75, 3.05) is 39.1 Å². The molecule has 0 amide bonds. The second-order valence-corrected chi connectivity index (χ2v) is 11.7. The van der Waals surface area contributed by atoms with E-state index >= 15 is 0 Å². The molecule has 1 atom stereocenters. The monoisotopic (exact) mass is 255 g/mol. The zero-order valence-corrected chi connectivity index (χ0v) is 11.6. The Hall–Kier alpha value is 0.970. The summed E-state index contributed by atoms with van der Waals surface area (Å²) in [5.74, 6) is 0. The molecule has 1 aliphatic rings. The second-order valence-electron chi connectivity index (χ2n) is 3.84. The van der Waals surface area contributed by atoms with Crippen LogP contribution in [0.2, 0.25) is 0 Å². The molecular formula is C9H21NOS3. The third-order valence-electron chi connectivity index (χ3n) is 2.65. The Kier molecular flexibility index (Phi) is 5.49. The predicted molar refractivity (Wildman–Crippen MR) is 72.8 cm³/mol. The van der Waals surface area contributed by atoms with Gasteiger partial charge in [-0.15, -0.1) is 31.4 Å². The average molecular weight is 255 g/mol. The van der Waals surface area contributed by atoms with E-state index in [1.54, 1.807) is 0 Å². The second kappa shape index (κ2) is 5.89. The van der Waals surface area contributed by atoms with Gasteiger partial charge in [0.15, 0.2) is 0 Å². The molecule has 86 valence electrons. The van der Waals surface area contributed by atoms with Crippen LogP contribution in [0.15, 0.2) is 0 Å². The number of hydrogen-bond acceptors (Lipinski definition) is 4. The van der Waals surface area contributed by atoms with Crippen molar-refractivity contribution < 1.29 is 4.74 Å². The molecule has 0 spiro atoms. The first-order chi connectivity index (χ1) is 6.54. The molecule has 0 bridgehead atoms. The molecule has 0 aromatic rings. The van der Waals surface area contributed by atoms with Crippen molar-refractivity contribution in [3.63, 3.8) is 0 Å². The average Bonchev–Trinajstić information content (AvgIpc) is 2.14. The van der Waals surface area contributed by atoms with Gasteiger partial charge in [0.1, 0.15) is 0 Å². The van der Waals surface area contributed by atoms with E-state index in [1.165, 1.54) is 0 Å². The van der Waals surface area contributed by atoms with Crippen molar-refractivity contribution in [2.24, 2.45) is 0 Å². The van der Waals surface area contributed by atoms with Gasteiger partial charge in [-0.2, -0.15) is 0 Å². The summed E-state index contributed by atoms with van der Waals surface area (Å²) in [6, 6.07) is 0. The number of hydrogen-bond donors (Lipinski definition) is 2. The Morgan fingerprint density at radius 3 is 2.36 bits per heavy atom. The first kappa shape index (κ1) is 13.0. The van der Waals surface area contributed by atoms with E-state index < -0.39 is 8.09 Å². The first-order valence-electron chi connectivity index (χ1n) is 5.06. The molecule has 0 aromatic carbocycles. The molecule has 0 aromatic heterocycles. The SMILES string of the molecule is CCC(CN1CCOCC1)S(C)(S)S. The Balaban J connectivity index is 2.39. The minimum Gasteiger partial charge on any atom is -0.379 e. The highest BCUT2D eigenvalue weighted by molar-refractivity contribution is 9.17. The van der Waals surface area contributed by atoms with Crippen LogP contribution in [-0.4, -0.2) is 49.3 Å². The number of morpholine rings is 1. The zero-order chi connectivity index (χ0) is 10.6. The van der Waals surface area contributed by atoms with Crippen LogP contribution in [0.1, 0.15) is 13.3 Å². The van der Waals surface area contributed by atoms with E-state index in [9.17, 15) is 0 Å². The van der Waals surface area contributed by atoms with Gasteiger partial charge < -0.3 is 4.74 Å². The summed E-state index contributed by atoms with van der Waals surface area (Å²) in [4.78, 5) is 2.47.